The van der Waals surface area contributed by atoms with Crippen molar-refractivity contribution < 1.29 is 19.3 Å². The molecule has 0 amide bonds. The summed E-state index contributed by atoms with van der Waals surface area (Å²) in [7, 11) is 4.76. The Kier molecular flexibility index (Phi) is 5.74. The van der Waals surface area contributed by atoms with E-state index in [4.69, 9.17) is 14.2 Å². The van der Waals surface area contributed by atoms with Crippen LogP contribution in [0, 0.1) is 5.92 Å². The molecule has 21 heavy (non-hydrogen) atoms. The lowest BCUT2D eigenvalue weighted by Crippen LogP contribution is -2.05. The summed E-state index contributed by atoms with van der Waals surface area (Å²) >= 11 is 0. The summed E-state index contributed by atoms with van der Waals surface area (Å²) in [6, 6.07) is 3.68. The van der Waals surface area contributed by atoms with E-state index >= 15 is 0 Å². The number of benzene rings is 1. The van der Waals surface area contributed by atoms with Crippen LogP contribution >= 0.6 is 0 Å². The summed E-state index contributed by atoms with van der Waals surface area (Å²) in [4.78, 5) is 0. The van der Waals surface area contributed by atoms with Crippen molar-refractivity contribution in [1.29, 1.82) is 0 Å². The Bertz CT molecular complexity index is 452. The van der Waals surface area contributed by atoms with Gasteiger partial charge in [-0.1, -0.05) is 25.7 Å². The van der Waals surface area contributed by atoms with E-state index in [2.05, 4.69) is 0 Å². The number of methoxy groups -OCH3 is 3. The van der Waals surface area contributed by atoms with Gasteiger partial charge in [0.05, 0.1) is 27.4 Å². The van der Waals surface area contributed by atoms with Gasteiger partial charge in [0.1, 0.15) is 0 Å². The molecular formula is C17H26O4. The van der Waals surface area contributed by atoms with Crippen molar-refractivity contribution in [3.8, 4) is 17.2 Å². The molecule has 1 aromatic carbocycles. The maximum Gasteiger partial charge on any atom is 0.203 e. The molecule has 0 spiro atoms. The zero-order valence-electron chi connectivity index (χ0n) is 13.2. The van der Waals surface area contributed by atoms with Gasteiger partial charge in [-0.25, -0.2) is 0 Å². The van der Waals surface area contributed by atoms with Gasteiger partial charge in [0.25, 0.3) is 0 Å². The van der Waals surface area contributed by atoms with Gasteiger partial charge in [0.15, 0.2) is 11.5 Å². The highest BCUT2D eigenvalue weighted by Gasteiger charge is 2.22. The van der Waals surface area contributed by atoms with Gasteiger partial charge in [-0.15, -0.1) is 0 Å². The second-order valence-electron chi connectivity index (χ2n) is 5.67. The topological polar surface area (TPSA) is 47.9 Å². The van der Waals surface area contributed by atoms with Crippen LogP contribution in [0.1, 0.15) is 50.2 Å². The van der Waals surface area contributed by atoms with Crippen molar-refractivity contribution >= 4 is 0 Å². The van der Waals surface area contributed by atoms with E-state index in [1.54, 1.807) is 21.3 Å². The SMILES string of the molecule is COc1ccc(C(O)CCC2CCCC2)c(OC)c1OC. The van der Waals surface area contributed by atoms with E-state index in [0.717, 1.165) is 24.3 Å². The average Bonchev–Trinajstić information content (AvgIpc) is 3.04. The Balaban J connectivity index is 2.13. The molecule has 0 saturated heterocycles. The Morgan fingerprint density at radius 1 is 1.05 bits per heavy atom. The maximum absolute atomic E-state index is 10.5. The van der Waals surface area contributed by atoms with Crippen LogP contribution in [0.4, 0.5) is 0 Å². The normalized spacial score (nSPS) is 16.8. The average molecular weight is 294 g/mol. The van der Waals surface area contributed by atoms with Crippen LogP contribution in [0.15, 0.2) is 12.1 Å². The second-order valence-corrected chi connectivity index (χ2v) is 5.67. The van der Waals surface area contributed by atoms with Crippen molar-refractivity contribution in [3.63, 3.8) is 0 Å². The molecule has 1 fully saturated rings. The van der Waals surface area contributed by atoms with Crippen LogP contribution < -0.4 is 14.2 Å². The molecule has 0 aliphatic heterocycles. The van der Waals surface area contributed by atoms with E-state index in [9.17, 15) is 5.11 Å². The first-order valence-corrected chi connectivity index (χ1v) is 7.68. The standard InChI is InChI=1S/C17H26O4/c1-19-15-11-9-13(16(20-2)17(15)21-3)14(18)10-8-12-6-4-5-7-12/h9,11-12,14,18H,4-8,10H2,1-3H3. The van der Waals surface area contributed by atoms with Crippen molar-refractivity contribution in [2.75, 3.05) is 21.3 Å². The lowest BCUT2D eigenvalue weighted by Gasteiger charge is -2.20. The highest BCUT2D eigenvalue weighted by molar-refractivity contribution is 5.56. The summed E-state index contributed by atoms with van der Waals surface area (Å²) in [5.41, 5.74) is 0.771. The summed E-state index contributed by atoms with van der Waals surface area (Å²) in [6.45, 7) is 0. The van der Waals surface area contributed by atoms with E-state index in [0.29, 0.717) is 17.2 Å². The summed E-state index contributed by atoms with van der Waals surface area (Å²) < 4.78 is 16.1. The second kappa shape index (κ2) is 7.55. The van der Waals surface area contributed by atoms with Crippen molar-refractivity contribution in [2.24, 2.45) is 5.92 Å². The number of hydrogen-bond donors (Lipinski definition) is 1. The molecule has 1 aliphatic rings. The third-order valence-electron chi connectivity index (χ3n) is 4.42. The van der Waals surface area contributed by atoms with Gasteiger partial charge in [0.2, 0.25) is 5.75 Å². The highest BCUT2D eigenvalue weighted by atomic mass is 16.5. The zero-order chi connectivity index (χ0) is 15.2. The molecule has 1 aromatic rings. The van der Waals surface area contributed by atoms with Crippen LogP contribution in [-0.2, 0) is 0 Å². The molecule has 0 radical (unpaired) electrons. The first-order valence-electron chi connectivity index (χ1n) is 7.68. The molecule has 4 heteroatoms. The van der Waals surface area contributed by atoms with E-state index in [1.165, 1.54) is 25.7 Å². The molecule has 1 aliphatic carbocycles. The quantitative estimate of drug-likeness (QED) is 0.832. The summed E-state index contributed by atoms with van der Waals surface area (Å²) in [6.07, 6.45) is 6.57. The van der Waals surface area contributed by atoms with E-state index in [1.807, 2.05) is 12.1 Å². The van der Waals surface area contributed by atoms with Gasteiger partial charge in [-0.05, 0) is 30.9 Å². The van der Waals surface area contributed by atoms with Gasteiger partial charge < -0.3 is 19.3 Å². The minimum Gasteiger partial charge on any atom is -0.493 e. The van der Waals surface area contributed by atoms with Crippen LogP contribution in [-0.4, -0.2) is 26.4 Å². The van der Waals surface area contributed by atoms with Gasteiger partial charge in [0, 0.05) is 5.56 Å². The van der Waals surface area contributed by atoms with Crippen LogP contribution in [0.25, 0.3) is 0 Å². The Labute approximate surface area is 127 Å². The van der Waals surface area contributed by atoms with Crippen molar-refractivity contribution in [1.82, 2.24) is 0 Å². The third kappa shape index (κ3) is 3.62. The minimum absolute atomic E-state index is 0.527. The Morgan fingerprint density at radius 2 is 1.71 bits per heavy atom. The number of rotatable bonds is 7. The fourth-order valence-corrected chi connectivity index (χ4v) is 3.23. The fraction of sp³-hybridized carbons (Fsp3) is 0.647. The van der Waals surface area contributed by atoms with Crippen LogP contribution in [0.2, 0.25) is 0 Å². The third-order valence-corrected chi connectivity index (χ3v) is 4.42. The number of aliphatic hydroxyl groups excluding tert-OH is 1. The predicted molar refractivity (Wildman–Crippen MR) is 82.2 cm³/mol. The minimum atomic E-state index is -0.527. The number of hydrogen-bond acceptors (Lipinski definition) is 4. The molecule has 1 saturated carbocycles. The zero-order valence-corrected chi connectivity index (χ0v) is 13.2. The molecule has 0 bridgehead atoms. The van der Waals surface area contributed by atoms with Crippen LogP contribution in [0.5, 0.6) is 17.2 Å². The lowest BCUT2D eigenvalue weighted by atomic mass is 9.96. The van der Waals surface area contributed by atoms with Gasteiger partial charge in [-0.3, -0.25) is 0 Å². The highest BCUT2D eigenvalue weighted by Crippen LogP contribution is 2.43. The molecule has 1 N–H and O–H groups in total. The molecule has 1 atom stereocenters. The van der Waals surface area contributed by atoms with Gasteiger partial charge in [-0.2, -0.15) is 0 Å². The molecular weight excluding hydrogens is 268 g/mol. The van der Waals surface area contributed by atoms with Gasteiger partial charge >= 0.3 is 0 Å². The molecule has 118 valence electrons. The monoisotopic (exact) mass is 294 g/mol. The predicted octanol–water partition coefficient (Wildman–Crippen LogP) is 3.72. The number of aliphatic hydroxyl groups is 1. The van der Waals surface area contributed by atoms with Crippen molar-refractivity contribution in [3.05, 3.63) is 17.7 Å². The molecule has 0 aromatic heterocycles. The Hall–Kier alpha value is -1.42. The Morgan fingerprint density at radius 3 is 2.29 bits per heavy atom. The summed E-state index contributed by atoms with van der Waals surface area (Å²) in [5.74, 6) is 2.49. The first kappa shape index (κ1) is 16.0. The van der Waals surface area contributed by atoms with Crippen molar-refractivity contribution in [2.45, 2.75) is 44.6 Å². The largest absolute Gasteiger partial charge is 0.493 e. The fourth-order valence-electron chi connectivity index (χ4n) is 3.23. The van der Waals surface area contributed by atoms with E-state index < -0.39 is 6.10 Å². The van der Waals surface area contributed by atoms with Crippen LogP contribution in [0.3, 0.4) is 0 Å². The molecule has 0 heterocycles. The van der Waals surface area contributed by atoms with E-state index in [-0.39, 0.29) is 0 Å². The molecule has 2 rings (SSSR count). The maximum atomic E-state index is 10.5. The lowest BCUT2D eigenvalue weighted by molar-refractivity contribution is 0.152. The molecule has 4 nitrogen and oxygen atoms in total. The summed E-state index contributed by atoms with van der Waals surface area (Å²) in [5, 5.41) is 10.5. The number of ether oxygens (including phenoxy) is 3. The smallest absolute Gasteiger partial charge is 0.203 e. The first-order chi connectivity index (χ1) is 10.2. The molecule has 1 unspecified atom stereocenters.